The highest BCUT2D eigenvalue weighted by Gasteiger charge is 2.25. The van der Waals surface area contributed by atoms with Gasteiger partial charge in [-0.2, -0.15) is 0 Å². The molecule has 0 bridgehead atoms. The van der Waals surface area contributed by atoms with Crippen molar-refractivity contribution >= 4 is 47.5 Å². The van der Waals surface area contributed by atoms with Gasteiger partial charge in [-0.25, -0.2) is 4.79 Å². The third-order valence-corrected chi connectivity index (χ3v) is 12.6. The molecule has 0 unspecified atom stereocenters. The van der Waals surface area contributed by atoms with Gasteiger partial charge in [-0.1, -0.05) is 111 Å². The van der Waals surface area contributed by atoms with Gasteiger partial charge >= 0.3 is 23.9 Å². The second-order valence-electron chi connectivity index (χ2n) is 19.4. The number of carbonyl (C=O) groups is 8. The molecule has 1 rings (SSSR count). The first-order valence-electron chi connectivity index (χ1n) is 26.4. The Balaban J connectivity index is 2.72. The summed E-state index contributed by atoms with van der Waals surface area (Å²) in [5.41, 5.74) is 0. The lowest BCUT2D eigenvalue weighted by Crippen LogP contribution is -2.49. The van der Waals surface area contributed by atoms with Gasteiger partial charge in [-0.15, -0.1) is 0 Å². The van der Waals surface area contributed by atoms with Crippen molar-refractivity contribution in [2.45, 2.75) is 174 Å². The minimum atomic E-state index is -1.25. The summed E-state index contributed by atoms with van der Waals surface area (Å²) >= 11 is 0. The average Bonchev–Trinajstić information content (AvgIpc) is 3.28. The summed E-state index contributed by atoms with van der Waals surface area (Å²) in [4.78, 5) is 106. The van der Waals surface area contributed by atoms with Crippen LogP contribution in [0.1, 0.15) is 162 Å². The van der Waals surface area contributed by atoms with Crippen molar-refractivity contribution in [1.82, 2.24) is 40.9 Å². The van der Waals surface area contributed by atoms with Crippen LogP contribution in [0.4, 0.5) is 0 Å². The van der Waals surface area contributed by atoms with Gasteiger partial charge in [-0.05, 0) is 44.4 Å². The van der Waals surface area contributed by atoms with Crippen LogP contribution in [-0.4, -0.2) is 191 Å². The number of hydrogen-bond donors (Lipinski definition) is 8. The lowest BCUT2D eigenvalue weighted by molar-refractivity contribution is -0.142. The van der Waals surface area contributed by atoms with Crippen LogP contribution in [0, 0.1) is 5.92 Å². The van der Waals surface area contributed by atoms with Crippen LogP contribution in [0.2, 0.25) is 0 Å². The number of unbranched alkanes of at least 4 members (excludes halogenated alkanes) is 14. The minimum absolute atomic E-state index is 0.0396. The van der Waals surface area contributed by atoms with E-state index in [1.807, 2.05) is 4.90 Å². The van der Waals surface area contributed by atoms with E-state index < -0.39 is 41.9 Å². The first-order chi connectivity index (χ1) is 33.5. The van der Waals surface area contributed by atoms with E-state index in [9.17, 15) is 58.8 Å². The Bertz CT molecular complexity index is 1490. The summed E-state index contributed by atoms with van der Waals surface area (Å²) in [7, 11) is 0. The number of nitrogens with one attached hydrogen (secondary N) is 4. The molecule has 0 spiro atoms. The van der Waals surface area contributed by atoms with Gasteiger partial charge in [0.05, 0.1) is 26.2 Å². The Hall–Kier alpha value is -4.40. The van der Waals surface area contributed by atoms with E-state index in [0.29, 0.717) is 44.8 Å². The van der Waals surface area contributed by atoms with Crippen LogP contribution in [0.25, 0.3) is 0 Å². The van der Waals surface area contributed by atoms with E-state index >= 15 is 0 Å². The SMILES string of the molecule is CCCCCCCCCCCCCCCC(=O)N[C@@H](CCC(=O)N[C@@H](CCCCNC(=O)CN1CCN(CC(=O)O)CCN(CC(=O)O)CCN(CC(=O)O)CC1)C(=O)NCCCCC(C)C)C(=O)O. The summed E-state index contributed by atoms with van der Waals surface area (Å²) in [5.74, 6) is -5.39. The number of nitrogens with zero attached hydrogens (tertiary/aromatic N) is 4. The molecule has 0 radical (unpaired) electrons. The normalized spacial score (nSPS) is 15.5. The van der Waals surface area contributed by atoms with Crippen LogP contribution >= 0.6 is 0 Å². The molecule has 70 heavy (non-hydrogen) atoms. The van der Waals surface area contributed by atoms with E-state index in [1.165, 1.54) is 57.8 Å². The predicted molar refractivity (Wildman–Crippen MR) is 268 cm³/mol. The Morgan fingerprint density at radius 1 is 0.414 bits per heavy atom. The van der Waals surface area contributed by atoms with Crippen LogP contribution in [0.15, 0.2) is 0 Å². The number of carboxylic acids is 4. The summed E-state index contributed by atoms with van der Waals surface area (Å²) < 4.78 is 0. The summed E-state index contributed by atoms with van der Waals surface area (Å²) in [6.45, 7) is 8.51. The molecule has 1 saturated heterocycles. The van der Waals surface area contributed by atoms with E-state index in [1.54, 1.807) is 14.7 Å². The average molecular weight is 997 g/mol. The lowest BCUT2D eigenvalue weighted by Gasteiger charge is -2.32. The quantitative estimate of drug-likeness (QED) is 0.0404. The van der Waals surface area contributed by atoms with E-state index in [0.717, 1.165) is 38.5 Å². The Morgan fingerprint density at radius 2 is 0.800 bits per heavy atom. The van der Waals surface area contributed by atoms with Gasteiger partial charge in [0, 0.05) is 78.3 Å². The second kappa shape index (κ2) is 40.2. The Labute approximate surface area is 417 Å². The van der Waals surface area contributed by atoms with Crippen molar-refractivity contribution in [3.05, 3.63) is 0 Å². The first kappa shape index (κ1) is 63.6. The largest absolute Gasteiger partial charge is 0.480 e. The van der Waals surface area contributed by atoms with Crippen LogP contribution in [-0.2, 0) is 38.4 Å². The molecule has 1 heterocycles. The molecule has 8 N–H and O–H groups in total. The third-order valence-electron chi connectivity index (χ3n) is 12.6. The fourth-order valence-electron chi connectivity index (χ4n) is 8.40. The maximum atomic E-state index is 13.3. The van der Waals surface area contributed by atoms with Crippen LogP contribution < -0.4 is 21.3 Å². The molecular formula is C50H92N8O12. The number of amides is 4. The van der Waals surface area contributed by atoms with Crippen LogP contribution in [0.5, 0.6) is 0 Å². The lowest BCUT2D eigenvalue weighted by atomic mass is 10.0. The highest BCUT2D eigenvalue weighted by atomic mass is 16.4. The van der Waals surface area contributed by atoms with Gasteiger partial charge in [0.1, 0.15) is 12.1 Å². The van der Waals surface area contributed by atoms with Crippen molar-refractivity contribution in [2.75, 3.05) is 91.6 Å². The van der Waals surface area contributed by atoms with Crippen molar-refractivity contribution in [2.24, 2.45) is 5.92 Å². The third kappa shape index (κ3) is 35.7. The predicted octanol–water partition coefficient (Wildman–Crippen LogP) is 4.01. The van der Waals surface area contributed by atoms with Gasteiger partial charge in [-0.3, -0.25) is 53.2 Å². The highest BCUT2D eigenvalue weighted by molar-refractivity contribution is 5.88. The van der Waals surface area contributed by atoms with Crippen molar-refractivity contribution in [3.8, 4) is 0 Å². The van der Waals surface area contributed by atoms with Gasteiger partial charge in [0.2, 0.25) is 23.6 Å². The zero-order valence-corrected chi connectivity index (χ0v) is 43.0. The van der Waals surface area contributed by atoms with E-state index in [-0.39, 0.29) is 115 Å². The molecule has 20 heteroatoms. The molecule has 404 valence electrons. The van der Waals surface area contributed by atoms with Crippen molar-refractivity contribution < 1.29 is 58.8 Å². The zero-order chi connectivity index (χ0) is 51.9. The smallest absolute Gasteiger partial charge is 0.326 e. The zero-order valence-electron chi connectivity index (χ0n) is 43.0. The first-order valence-corrected chi connectivity index (χ1v) is 26.4. The number of carboxylic acid groups (broad SMARTS) is 4. The molecule has 1 fully saturated rings. The summed E-state index contributed by atoms with van der Waals surface area (Å²) in [5, 5.41) is 49.4. The Kier molecular flexibility index (Phi) is 36.6. The molecule has 0 aromatic rings. The van der Waals surface area contributed by atoms with E-state index in [4.69, 9.17) is 0 Å². The fraction of sp³-hybridized carbons (Fsp3) is 0.840. The molecular weight excluding hydrogens is 905 g/mol. The number of hydrogen-bond acceptors (Lipinski definition) is 12. The Morgan fingerprint density at radius 3 is 1.23 bits per heavy atom. The fourth-order valence-corrected chi connectivity index (χ4v) is 8.40. The van der Waals surface area contributed by atoms with Gasteiger partial charge in [0.15, 0.2) is 0 Å². The summed E-state index contributed by atoms with van der Waals surface area (Å²) in [6.07, 6.45) is 19.0. The van der Waals surface area contributed by atoms with Crippen LogP contribution in [0.3, 0.4) is 0 Å². The van der Waals surface area contributed by atoms with Gasteiger partial charge in [0.25, 0.3) is 0 Å². The standard InChI is InChI=1S/C50H92N8O12/c1-4-5-6-7-8-9-10-11-12-13-14-15-16-23-43(59)54-42(50(69)70)24-25-44(60)53-41(49(68)52-27-19-17-21-40(2)3)22-18-20-26-51-45(61)36-55-28-30-56(37-46(62)63)32-34-58(39-48(66)67)35-33-57(31-29-55)38-47(64)65/h40-42H,4-39H2,1-3H3,(H,51,61)(H,52,68)(H,53,60)(H,54,59)(H,62,63)(H,64,65)(H,66,67)(H,69,70)/t41-,42-/m0/s1. The minimum Gasteiger partial charge on any atom is -0.480 e. The summed E-state index contributed by atoms with van der Waals surface area (Å²) in [6, 6.07) is -2.15. The number of carbonyl (C=O) groups excluding carboxylic acids is 4. The maximum absolute atomic E-state index is 13.3. The molecule has 0 saturated carbocycles. The monoisotopic (exact) mass is 997 g/mol. The van der Waals surface area contributed by atoms with Gasteiger partial charge < -0.3 is 41.7 Å². The molecule has 2 atom stereocenters. The molecule has 1 aliphatic heterocycles. The second-order valence-corrected chi connectivity index (χ2v) is 19.4. The maximum Gasteiger partial charge on any atom is 0.326 e. The molecule has 0 aromatic carbocycles. The number of rotatable bonds is 39. The molecule has 1 aliphatic rings. The molecule has 4 amide bonds. The molecule has 0 aromatic heterocycles. The van der Waals surface area contributed by atoms with Crippen molar-refractivity contribution in [1.29, 1.82) is 0 Å². The highest BCUT2D eigenvalue weighted by Crippen LogP contribution is 2.14. The van der Waals surface area contributed by atoms with E-state index in [2.05, 4.69) is 42.0 Å². The molecule has 0 aliphatic carbocycles. The molecule has 20 nitrogen and oxygen atoms in total. The topological polar surface area (TPSA) is 279 Å². The number of aliphatic carboxylic acids is 4. The van der Waals surface area contributed by atoms with Crippen molar-refractivity contribution in [3.63, 3.8) is 0 Å².